The number of unbranched alkanes of at least 4 members (excludes halogenated alkanes) is 1. The van der Waals surface area contributed by atoms with Crippen LogP contribution in [0.4, 0.5) is 0 Å². The lowest BCUT2D eigenvalue weighted by Gasteiger charge is -2.24. The minimum atomic E-state index is -1.26. The molecule has 1 heterocycles. The average Bonchev–Trinajstić information content (AvgIpc) is 2.46. The molecule has 20 heavy (non-hydrogen) atoms. The number of aliphatic hydroxyl groups excluding tert-OH is 1. The molecule has 0 radical (unpaired) electrons. The molecule has 1 unspecified atom stereocenters. The van der Waals surface area contributed by atoms with Crippen LogP contribution in [0.3, 0.4) is 0 Å². The molecule has 0 aliphatic carbocycles. The van der Waals surface area contributed by atoms with E-state index in [2.05, 4.69) is 15.9 Å². The maximum atomic E-state index is 11.2. The van der Waals surface area contributed by atoms with Gasteiger partial charge in [-0.05, 0) is 31.4 Å². The maximum absolute atomic E-state index is 11.2. The first-order valence-electron chi connectivity index (χ1n) is 6.29. The summed E-state index contributed by atoms with van der Waals surface area (Å²) in [5.74, 6) is -0.900. The van der Waals surface area contributed by atoms with Gasteiger partial charge in [0.05, 0.1) is 0 Å². The van der Waals surface area contributed by atoms with E-state index in [1.54, 1.807) is 24.3 Å². The van der Waals surface area contributed by atoms with Crippen LogP contribution in [0.1, 0.15) is 19.3 Å². The highest BCUT2D eigenvalue weighted by Gasteiger charge is 2.30. The van der Waals surface area contributed by atoms with Crippen molar-refractivity contribution in [1.29, 1.82) is 0 Å². The van der Waals surface area contributed by atoms with Crippen LogP contribution in [0.25, 0.3) is 0 Å². The van der Waals surface area contributed by atoms with Crippen LogP contribution >= 0.6 is 15.9 Å². The molecule has 0 saturated carbocycles. The number of carbonyl (C=O) groups is 1. The number of carboxylic acids is 1. The van der Waals surface area contributed by atoms with Gasteiger partial charge in [-0.25, -0.2) is 4.79 Å². The van der Waals surface area contributed by atoms with Crippen molar-refractivity contribution in [2.45, 2.75) is 25.4 Å². The zero-order chi connectivity index (χ0) is 14.5. The van der Waals surface area contributed by atoms with Crippen LogP contribution in [0.5, 0.6) is 11.5 Å². The zero-order valence-electron chi connectivity index (χ0n) is 10.7. The number of aliphatic hydroxyl groups is 1. The molecule has 2 N–H and O–H groups in total. The van der Waals surface area contributed by atoms with Crippen molar-refractivity contribution in [3.05, 3.63) is 35.8 Å². The summed E-state index contributed by atoms with van der Waals surface area (Å²) in [5.41, 5.74) is 0. The molecule has 1 aliphatic heterocycles. The van der Waals surface area contributed by atoms with E-state index in [4.69, 9.17) is 9.47 Å². The van der Waals surface area contributed by atoms with E-state index in [9.17, 15) is 15.0 Å². The molecule has 108 valence electrons. The smallest absolute Gasteiger partial charge is 0.375 e. The van der Waals surface area contributed by atoms with Gasteiger partial charge < -0.3 is 19.7 Å². The number of alkyl halides is 1. The van der Waals surface area contributed by atoms with Crippen LogP contribution in [-0.2, 0) is 4.79 Å². The SMILES string of the molecule is O=C(O)C1=C(C(O)CCCCBr)Oc2ccccc2O1. The van der Waals surface area contributed by atoms with Gasteiger partial charge >= 0.3 is 5.97 Å². The van der Waals surface area contributed by atoms with Gasteiger partial charge in [0.2, 0.25) is 0 Å². The predicted molar refractivity (Wildman–Crippen MR) is 76.0 cm³/mol. The quantitative estimate of drug-likeness (QED) is 0.614. The minimum Gasteiger partial charge on any atom is -0.475 e. The molecule has 1 aliphatic rings. The second-order valence-corrected chi connectivity index (χ2v) is 5.14. The summed E-state index contributed by atoms with van der Waals surface area (Å²) in [5, 5.41) is 20.1. The largest absolute Gasteiger partial charge is 0.475 e. The number of ether oxygens (including phenoxy) is 2. The fourth-order valence-corrected chi connectivity index (χ4v) is 2.27. The van der Waals surface area contributed by atoms with Gasteiger partial charge in [0, 0.05) is 5.33 Å². The topological polar surface area (TPSA) is 76.0 Å². The molecular weight excluding hydrogens is 328 g/mol. The fraction of sp³-hybridized carbons (Fsp3) is 0.357. The summed E-state index contributed by atoms with van der Waals surface area (Å²) in [4.78, 5) is 11.2. The molecule has 0 fully saturated rings. The first-order chi connectivity index (χ1) is 9.63. The lowest BCUT2D eigenvalue weighted by Crippen LogP contribution is -2.26. The number of halogens is 1. The molecule has 0 amide bonds. The van der Waals surface area contributed by atoms with Crippen molar-refractivity contribution >= 4 is 21.9 Å². The lowest BCUT2D eigenvalue weighted by molar-refractivity contribution is -0.135. The summed E-state index contributed by atoms with van der Waals surface area (Å²) in [6.07, 6.45) is 1.08. The second kappa shape index (κ2) is 6.76. The van der Waals surface area contributed by atoms with E-state index >= 15 is 0 Å². The van der Waals surface area contributed by atoms with Crippen LogP contribution in [0, 0.1) is 0 Å². The average molecular weight is 343 g/mol. The maximum Gasteiger partial charge on any atom is 0.375 e. The molecule has 6 heteroatoms. The summed E-state index contributed by atoms with van der Waals surface area (Å²) in [7, 11) is 0. The number of aliphatic carboxylic acids is 1. The first-order valence-corrected chi connectivity index (χ1v) is 7.42. The lowest BCUT2D eigenvalue weighted by atomic mass is 10.1. The molecule has 0 spiro atoms. The van der Waals surface area contributed by atoms with Crippen molar-refractivity contribution in [2.75, 3.05) is 5.33 Å². The number of rotatable bonds is 6. The van der Waals surface area contributed by atoms with E-state index in [1.165, 1.54) is 0 Å². The third kappa shape index (κ3) is 3.32. The van der Waals surface area contributed by atoms with E-state index in [1.807, 2.05) is 0 Å². The van der Waals surface area contributed by atoms with Crippen LogP contribution in [-0.4, -0.2) is 27.6 Å². The molecule has 1 aromatic rings. The minimum absolute atomic E-state index is 0.0363. The van der Waals surface area contributed by atoms with Gasteiger partial charge in [0.25, 0.3) is 5.76 Å². The Bertz CT molecular complexity index is 526. The van der Waals surface area contributed by atoms with Gasteiger partial charge in [-0.1, -0.05) is 28.1 Å². The Morgan fingerprint density at radius 2 is 1.85 bits per heavy atom. The van der Waals surface area contributed by atoms with Crippen LogP contribution < -0.4 is 9.47 Å². The zero-order valence-corrected chi connectivity index (χ0v) is 12.3. The van der Waals surface area contributed by atoms with E-state index in [0.717, 1.165) is 18.2 Å². The number of benzene rings is 1. The number of para-hydroxylation sites is 2. The molecule has 1 atom stereocenters. The number of hydrogen-bond donors (Lipinski definition) is 2. The number of hydrogen-bond acceptors (Lipinski definition) is 4. The second-order valence-electron chi connectivity index (χ2n) is 4.35. The third-order valence-electron chi connectivity index (χ3n) is 2.86. The van der Waals surface area contributed by atoms with Crippen LogP contribution in [0.15, 0.2) is 35.8 Å². The highest BCUT2D eigenvalue weighted by Crippen LogP contribution is 2.36. The monoisotopic (exact) mass is 342 g/mol. The summed E-state index contributed by atoms with van der Waals surface area (Å²) < 4.78 is 10.8. The Labute approximate surface area is 125 Å². The molecule has 1 aromatic carbocycles. The van der Waals surface area contributed by atoms with Gasteiger partial charge in [0.15, 0.2) is 17.3 Å². The van der Waals surface area contributed by atoms with Gasteiger partial charge in [-0.3, -0.25) is 0 Å². The van der Waals surface area contributed by atoms with Crippen molar-refractivity contribution in [3.8, 4) is 11.5 Å². The van der Waals surface area contributed by atoms with E-state index in [0.29, 0.717) is 17.9 Å². The van der Waals surface area contributed by atoms with E-state index in [-0.39, 0.29) is 11.5 Å². The summed E-state index contributed by atoms with van der Waals surface area (Å²) in [6.45, 7) is 0. The van der Waals surface area contributed by atoms with E-state index < -0.39 is 12.1 Å². The summed E-state index contributed by atoms with van der Waals surface area (Å²) >= 11 is 3.31. The van der Waals surface area contributed by atoms with Crippen molar-refractivity contribution < 1.29 is 24.5 Å². The molecule has 0 bridgehead atoms. The van der Waals surface area contributed by atoms with Gasteiger partial charge in [0.1, 0.15) is 6.10 Å². The fourth-order valence-electron chi connectivity index (χ4n) is 1.88. The number of carboxylic acid groups (broad SMARTS) is 1. The van der Waals surface area contributed by atoms with Gasteiger partial charge in [-0.15, -0.1) is 0 Å². The molecule has 0 aromatic heterocycles. The molecule has 2 rings (SSSR count). The van der Waals surface area contributed by atoms with Crippen molar-refractivity contribution in [3.63, 3.8) is 0 Å². The predicted octanol–water partition coefficient (Wildman–Crippen LogP) is 2.68. The van der Waals surface area contributed by atoms with Crippen molar-refractivity contribution in [1.82, 2.24) is 0 Å². The summed E-state index contributed by atoms with van der Waals surface area (Å²) in [6, 6.07) is 6.76. The highest BCUT2D eigenvalue weighted by molar-refractivity contribution is 9.09. The normalized spacial score (nSPS) is 15.1. The van der Waals surface area contributed by atoms with Gasteiger partial charge in [-0.2, -0.15) is 0 Å². The molecular formula is C14H15BrO5. The standard InChI is InChI=1S/C14H15BrO5/c15-8-4-3-5-9(16)12-13(14(17)18)20-11-7-2-1-6-10(11)19-12/h1-2,6-7,9,16H,3-5,8H2,(H,17,18). The Morgan fingerprint density at radius 3 is 2.45 bits per heavy atom. The Morgan fingerprint density at radius 1 is 1.20 bits per heavy atom. The number of fused-ring (bicyclic) bond motifs is 1. The Balaban J connectivity index is 2.21. The first kappa shape index (κ1) is 14.9. The Hall–Kier alpha value is -1.53. The Kier molecular flexibility index (Phi) is 5.03. The van der Waals surface area contributed by atoms with Crippen molar-refractivity contribution in [2.24, 2.45) is 0 Å². The molecule has 5 nitrogen and oxygen atoms in total. The van der Waals surface area contributed by atoms with Crippen LogP contribution in [0.2, 0.25) is 0 Å². The third-order valence-corrected chi connectivity index (χ3v) is 3.42. The molecule has 0 saturated heterocycles. The highest BCUT2D eigenvalue weighted by atomic mass is 79.9.